The van der Waals surface area contributed by atoms with Crippen LogP contribution in [0.25, 0.3) is 0 Å². The standard InChI is InChI=1S/C11H14BrNO2/c1-7(2)13(3)10-5-4-8(11(14)15)6-9(10)12/h4-7H,1-3H3,(H,14,15). The normalized spacial score (nSPS) is 10.5. The third-order valence-corrected chi connectivity index (χ3v) is 2.98. The Kier molecular flexibility index (Phi) is 3.74. The molecule has 0 saturated carbocycles. The molecule has 1 aromatic carbocycles. The minimum Gasteiger partial charge on any atom is -0.478 e. The van der Waals surface area contributed by atoms with Crippen LogP contribution in [0.5, 0.6) is 0 Å². The van der Waals surface area contributed by atoms with E-state index in [2.05, 4.69) is 34.7 Å². The molecule has 15 heavy (non-hydrogen) atoms. The summed E-state index contributed by atoms with van der Waals surface area (Å²) in [6.45, 7) is 4.16. The molecule has 0 aliphatic carbocycles. The van der Waals surface area contributed by atoms with Gasteiger partial charge in [-0.2, -0.15) is 0 Å². The van der Waals surface area contributed by atoms with Crippen LogP contribution in [0.3, 0.4) is 0 Å². The number of carbonyl (C=O) groups is 1. The quantitative estimate of drug-likeness (QED) is 0.919. The van der Waals surface area contributed by atoms with Crippen molar-refractivity contribution in [2.75, 3.05) is 11.9 Å². The Morgan fingerprint density at radius 2 is 2.07 bits per heavy atom. The Bertz CT molecular complexity index is 377. The minimum atomic E-state index is -0.908. The SMILES string of the molecule is CC(C)N(C)c1ccc(C(=O)O)cc1Br. The summed E-state index contributed by atoms with van der Waals surface area (Å²) in [7, 11) is 1.98. The fraction of sp³-hybridized carbons (Fsp3) is 0.364. The number of carboxylic acid groups (broad SMARTS) is 1. The Morgan fingerprint density at radius 1 is 1.47 bits per heavy atom. The lowest BCUT2D eigenvalue weighted by atomic mass is 10.2. The van der Waals surface area contributed by atoms with Gasteiger partial charge >= 0.3 is 5.97 Å². The van der Waals surface area contributed by atoms with Gasteiger partial charge in [0, 0.05) is 17.6 Å². The van der Waals surface area contributed by atoms with Gasteiger partial charge in [0.1, 0.15) is 0 Å². The predicted molar refractivity (Wildman–Crippen MR) is 64.6 cm³/mol. The van der Waals surface area contributed by atoms with E-state index >= 15 is 0 Å². The summed E-state index contributed by atoms with van der Waals surface area (Å²) < 4.78 is 0.804. The molecule has 1 N–H and O–H groups in total. The molecule has 0 radical (unpaired) electrons. The predicted octanol–water partition coefficient (Wildman–Crippen LogP) is 2.99. The van der Waals surface area contributed by atoms with Gasteiger partial charge in [-0.25, -0.2) is 4.79 Å². The number of aromatic carboxylic acids is 1. The molecular formula is C11H14BrNO2. The number of carboxylic acids is 1. The lowest BCUT2D eigenvalue weighted by molar-refractivity contribution is 0.0697. The van der Waals surface area contributed by atoms with Crippen molar-refractivity contribution in [3.8, 4) is 0 Å². The zero-order valence-corrected chi connectivity index (χ0v) is 10.6. The first-order valence-corrected chi connectivity index (χ1v) is 5.48. The summed E-state index contributed by atoms with van der Waals surface area (Å²) in [5.74, 6) is -0.908. The smallest absolute Gasteiger partial charge is 0.335 e. The van der Waals surface area contributed by atoms with E-state index in [1.165, 1.54) is 0 Å². The first-order valence-electron chi connectivity index (χ1n) is 4.69. The van der Waals surface area contributed by atoms with E-state index in [0.717, 1.165) is 10.2 Å². The Labute approximate surface area is 97.8 Å². The number of rotatable bonds is 3. The van der Waals surface area contributed by atoms with E-state index < -0.39 is 5.97 Å². The van der Waals surface area contributed by atoms with Crippen LogP contribution < -0.4 is 4.90 Å². The molecule has 4 heteroatoms. The third kappa shape index (κ3) is 2.72. The summed E-state index contributed by atoms with van der Waals surface area (Å²) in [5.41, 5.74) is 1.29. The molecule has 1 rings (SSSR count). The van der Waals surface area contributed by atoms with E-state index in [9.17, 15) is 4.79 Å². The third-order valence-electron chi connectivity index (χ3n) is 2.35. The number of hydrogen-bond donors (Lipinski definition) is 1. The molecule has 0 aliphatic rings. The summed E-state index contributed by atoms with van der Waals surface area (Å²) in [4.78, 5) is 12.8. The van der Waals surface area contributed by atoms with Gasteiger partial charge in [0.2, 0.25) is 0 Å². The van der Waals surface area contributed by atoms with E-state index in [1.54, 1.807) is 12.1 Å². The van der Waals surface area contributed by atoms with Crippen molar-refractivity contribution in [1.82, 2.24) is 0 Å². The molecular weight excluding hydrogens is 258 g/mol. The van der Waals surface area contributed by atoms with Gasteiger partial charge in [-0.3, -0.25) is 0 Å². The number of halogens is 1. The van der Waals surface area contributed by atoms with Crippen LogP contribution in [-0.4, -0.2) is 24.2 Å². The van der Waals surface area contributed by atoms with Gasteiger partial charge in [0.25, 0.3) is 0 Å². The molecule has 0 amide bonds. The van der Waals surface area contributed by atoms with Crippen molar-refractivity contribution in [3.05, 3.63) is 28.2 Å². The van der Waals surface area contributed by atoms with Crippen molar-refractivity contribution in [2.45, 2.75) is 19.9 Å². The largest absolute Gasteiger partial charge is 0.478 e. The number of anilines is 1. The van der Waals surface area contributed by atoms with Crippen LogP contribution in [0.4, 0.5) is 5.69 Å². The van der Waals surface area contributed by atoms with Crippen LogP contribution >= 0.6 is 15.9 Å². The van der Waals surface area contributed by atoms with Crippen LogP contribution in [0.1, 0.15) is 24.2 Å². The molecule has 0 aliphatic heterocycles. The van der Waals surface area contributed by atoms with Crippen LogP contribution in [0.2, 0.25) is 0 Å². The van der Waals surface area contributed by atoms with Gasteiger partial charge < -0.3 is 10.0 Å². The second kappa shape index (κ2) is 4.66. The van der Waals surface area contributed by atoms with Crippen LogP contribution in [0, 0.1) is 0 Å². The first-order chi connectivity index (χ1) is 6.93. The fourth-order valence-corrected chi connectivity index (χ4v) is 1.86. The lowest BCUT2D eigenvalue weighted by Gasteiger charge is -2.25. The van der Waals surface area contributed by atoms with Crippen LogP contribution in [0.15, 0.2) is 22.7 Å². The zero-order chi connectivity index (χ0) is 11.6. The molecule has 0 unspecified atom stereocenters. The maximum atomic E-state index is 10.7. The Hall–Kier alpha value is -1.03. The van der Waals surface area contributed by atoms with Gasteiger partial charge in [0.15, 0.2) is 0 Å². The average Bonchev–Trinajstić information content (AvgIpc) is 2.16. The summed E-state index contributed by atoms with van der Waals surface area (Å²) in [5, 5.41) is 8.81. The number of benzene rings is 1. The molecule has 1 aromatic rings. The van der Waals surface area contributed by atoms with Crippen molar-refractivity contribution in [2.24, 2.45) is 0 Å². The summed E-state index contributed by atoms with van der Waals surface area (Å²) in [6.07, 6.45) is 0. The van der Waals surface area contributed by atoms with Gasteiger partial charge in [0.05, 0.1) is 11.3 Å². The van der Waals surface area contributed by atoms with E-state index in [0.29, 0.717) is 11.6 Å². The number of nitrogens with zero attached hydrogens (tertiary/aromatic N) is 1. The second-order valence-corrected chi connectivity index (χ2v) is 4.53. The van der Waals surface area contributed by atoms with Crippen LogP contribution in [-0.2, 0) is 0 Å². The molecule has 0 spiro atoms. The van der Waals surface area contributed by atoms with Gasteiger partial charge in [-0.05, 0) is 48.0 Å². The van der Waals surface area contributed by atoms with Crippen molar-refractivity contribution >= 4 is 27.6 Å². The van der Waals surface area contributed by atoms with Crippen molar-refractivity contribution in [1.29, 1.82) is 0 Å². The molecule has 0 aromatic heterocycles. The topological polar surface area (TPSA) is 40.5 Å². The van der Waals surface area contributed by atoms with E-state index in [-0.39, 0.29) is 0 Å². The second-order valence-electron chi connectivity index (χ2n) is 3.68. The molecule has 82 valence electrons. The molecule has 0 fully saturated rings. The monoisotopic (exact) mass is 271 g/mol. The number of hydrogen-bond acceptors (Lipinski definition) is 2. The molecule has 0 heterocycles. The highest BCUT2D eigenvalue weighted by Crippen LogP contribution is 2.27. The molecule has 0 atom stereocenters. The zero-order valence-electron chi connectivity index (χ0n) is 8.99. The minimum absolute atomic E-state index is 0.294. The molecule has 3 nitrogen and oxygen atoms in total. The molecule has 0 bridgehead atoms. The highest BCUT2D eigenvalue weighted by Gasteiger charge is 2.11. The average molecular weight is 272 g/mol. The Balaban J connectivity index is 3.08. The fourth-order valence-electron chi connectivity index (χ4n) is 1.20. The highest BCUT2D eigenvalue weighted by molar-refractivity contribution is 9.10. The van der Waals surface area contributed by atoms with E-state index in [1.807, 2.05) is 13.1 Å². The first kappa shape index (κ1) is 12.0. The Morgan fingerprint density at radius 3 is 2.47 bits per heavy atom. The lowest BCUT2D eigenvalue weighted by Crippen LogP contribution is -2.25. The van der Waals surface area contributed by atoms with Gasteiger partial charge in [-0.15, -0.1) is 0 Å². The van der Waals surface area contributed by atoms with Crippen molar-refractivity contribution in [3.63, 3.8) is 0 Å². The maximum Gasteiger partial charge on any atom is 0.335 e. The van der Waals surface area contributed by atoms with Gasteiger partial charge in [-0.1, -0.05) is 0 Å². The summed E-state index contributed by atoms with van der Waals surface area (Å²) in [6, 6.07) is 5.42. The maximum absolute atomic E-state index is 10.7. The summed E-state index contributed by atoms with van der Waals surface area (Å²) >= 11 is 3.38. The highest BCUT2D eigenvalue weighted by atomic mass is 79.9. The van der Waals surface area contributed by atoms with E-state index in [4.69, 9.17) is 5.11 Å². The van der Waals surface area contributed by atoms with Crippen molar-refractivity contribution < 1.29 is 9.90 Å². The molecule has 0 saturated heterocycles.